The van der Waals surface area contributed by atoms with Gasteiger partial charge in [-0.15, -0.1) is 0 Å². The van der Waals surface area contributed by atoms with Crippen LogP contribution in [0, 0.1) is 5.92 Å². The molecule has 0 aliphatic carbocycles. The molecule has 0 unspecified atom stereocenters. The van der Waals surface area contributed by atoms with Crippen LogP contribution < -0.4 is 10.6 Å². The molecule has 1 aliphatic heterocycles. The summed E-state index contributed by atoms with van der Waals surface area (Å²) in [6.45, 7) is 6.99. The number of ether oxygens (including phenoxy) is 1. The van der Waals surface area contributed by atoms with E-state index in [4.69, 9.17) is 4.74 Å². The van der Waals surface area contributed by atoms with Gasteiger partial charge in [-0.05, 0) is 27.7 Å². The van der Waals surface area contributed by atoms with Crippen LogP contribution in [0.5, 0.6) is 0 Å². The van der Waals surface area contributed by atoms with Gasteiger partial charge in [-0.25, -0.2) is 4.79 Å². The van der Waals surface area contributed by atoms with E-state index in [0.717, 1.165) is 0 Å². The molecule has 1 aliphatic rings. The van der Waals surface area contributed by atoms with Gasteiger partial charge in [0, 0.05) is 12.5 Å². The first kappa shape index (κ1) is 13.8. The summed E-state index contributed by atoms with van der Waals surface area (Å²) in [6.07, 6.45) is -0.657. The molecule has 0 spiro atoms. The van der Waals surface area contributed by atoms with Crippen molar-refractivity contribution in [1.82, 2.24) is 10.6 Å². The minimum absolute atomic E-state index is 0.176. The van der Waals surface area contributed by atoms with Crippen LogP contribution in [0.4, 0.5) is 4.79 Å². The molecule has 1 saturated heterocycles. The van der Waals surface area contributed by atoms with E-state index in [1.54, 1.807) is 27.7 Å². The van der Waals surface area contributed by atoms with E-state index in [2.05, 4.69) is 10.6 Å². The summed E-state index contributed by atoms with van der Waals surface area (Å²) in [5.74, 6) is -0.648. The lowest BCUT2D eigenvalue weighted by molar-refractivity contribution is -0.125. The Labute approximate surface area is 101 Å². The van der Waals surface area contributed by atoms with Gasteiger partial charge in [-0.3, -0.25) is 4.79 Å². The molecule has 1 heterocycles. The summed E-state index contributed by atoms with van der Waals surface area (Å²) in [7, 11) is 0. The number of aliphatic hydroxyl groups excluding tert-OH is 1. The van der Waals surface area contributed by atoms with E-state index < -0.39 is 17.2 Å². The van der Waals surface area contributed by atoms with Gasteiger partial charge in [-0.2, -0.15) is 0 Å². The van der Waals surface area contributed by atoms with Gasteiger partial charge in [-0.1, -0.05) is 0 Å². The van der Waals surface area contributed by atoms with Crippen molar-refractivity contribution < 1.29 is 19.4 Å². The Morgan fingerprint density at radius 3 is 2.71 bits per heavy atom. The molecule has 2 atom stereocenters. The zero-order valence-corrected chi connectivity index (χ0v) is 10.7. The number of aliphatic hydroxyl groups is 1. The number of nitrogens with one attached hydrogen (secondary N) is 2. The Morgan fingerprint density at radius 2 is 2.24 bits per heavy atom. The number of carbonyl (C=O) groups excluding carboxylic acids is 2. The number of carbonyl (C=O) groups is 2. The Hall–Kier alpha value is -1.30. The second-order valence-corrected chi connectivity index (χ2v) is 5.42. The molecule has 0 radical (unpaired) electrons. The lowest BCUT2D eigenvalue weighted by Crippen LogP contribution is -2.56. The summed E-state index contributed by atoms with van der Waals surface area (Å²) >= 11 is 0. The largest absolute Gasteiger partial charge is 0.444 e. The van der Waals surface area contributed by atoms with Crippen molar-refractivity contribution >= 4 is 12.0 Å². The fourth-order valence-corrected chi connectivity index (χ4v) is 1.71. The first-order valence-corrected chi connectivity index (χ1v) is 5.59. The Bertz CT molecular complexity index is 324. The Balaban J connectivity index is 2.71. The first-order chi connectivity index (χ1) is 7.69. The average Bonchev–Trinajstić information content (AvgIpc) is 2.39. The Kier molecular flexibility index (Phi) is 3.66. The predicted octanol–water partition coefficient (Wildman–Crippen LogP) is 0.00810. The monoisotopic (exact) mass is 244 g/mol. The van der Waals surface area contributed by atoms with Crippen molar-refractivity contribution in [3.05, 3.63) is 0 Å². The summed E-state index contributed by atoms with van der Waals surface area (Å²) in [5, 5.41) is 14.3. The van der Waals surface area contributed by atoms with Crippen molar-refractivity contribution in [3.8, 4) is 0 Å². The fraction of sp³-hybridized carbons (Fsp3) is 0.818. The minimum atomic E-state index is -1.11. The van der Waals surface area contributed by atoms with E-state index in [1.807, 2.05) is 0 Å². The second kappa shape index (κ2) is 4.52. The topological polar surface area (TPSA) is 87.7 Å². The zero-order valence-electron chi connectivity index (χ0n) is 10.7. The molecule has 0 aromatic carbocycles. The SMILES string of the molecule is CC(C)(C)OC(=O)N[C@@]1(C)C(=O)NC[C@H]1CO. The number of hydrogen-bond donors (Lipinski definition) is 3. The van der Waals surface area contributed by atoms with Crippen LogP contribution in [0.15, 0.2) is 0 Å². The van der Waals surface area contributed by atoms with Crippen LogP contribution in [0.2, 0.25) is 0 Å². The highest BCUT2D eigenvalue weighted by atomic mass is 16.6. The maximum Gasteiger partial charge on any atom is 0.408 e. The molecule has 1 rings (SSSR count). The van der Waals surface area contributed by atoms with Crippen molar-refractivity contribution in [2.24, 2.45) is 5.92 Å². The average molecular weight is 244 g/mol. The summed E-state index contributed by atoms with van der Waals surface area (Å²) in [4.78, 5) is 23.3. The van der Waals surface area contributed by atoms with Crippen LogP contribution in [-0.2, 0) is 9.53 Å². The first-order valence-electron chi connectivity index (χ1n) is 5.59. The molecule has 6 nitrogen and oxygen atoms in total. The molecule has 1 fully saturated rings. The van der Waals surface area contributed by atoms with Crippen molar-refractivity contribution in [2.45, 2.75) is 38.8 Å². The van der Waals surface area contributed by atoms with E-state index in [0.29, 0.717) is 6.54 Å². The van der Waals surface area contributed by atoms with Gasteiger partial charge in [0.2, 0.25) is 5.91 Å². The third kappa shape index (κ3) is 3.09. The van der Waals surface area contributed by atoms with Gasteiger partial charge in [0.1, 0.15) is 11.1 Å². The molecule has 6 heteroatoms. The molecule has 0 aromatic heterocycles. The number of amides is 2. The van der Waals surface area contributed by atoms with Crippen molar-refractivity contribution in [2.75, 3.05) is 13.2 Å². The molecule has 2 amide bonds. The molecular weight excluding hydrogens is 224 g/mol. The predicted molar refractivity (Wildman–Crippen MR) is 61.4 cm³/mol. The molecule has 0 saturated carbocycles. The van der Waals surface area contributed by atoms with Crippen LogP contribution in [0.1, 0.15) is 27.7 Å². The van der Waals surface area contributed by atoms with Crippen LogP contribution in [-0.4, -0.2) is 41.4 Å². The lowest BCUT2D eigenvalue weighted by atomic mass is 9.89. The highest BCUT2D eigenvalue weighted by Crippen LogP contribution is 2.23. The lowest BCUT2D eigenvalue weighted by Gasteiger charge is -2.29. The summed E-state index contributed by atoms with van der Waals surface area (Å²) in [6, 6.07) is 0. The number of hydrogen-bond acceptors (Lipinski definition) is 4. The second-order valence-electron chi connectivity index (χ2n) is 5.42. The highest BCUT2D eigenvalue weighted by molar-refractivity contribution is 5.92. The summed E-state index contributed by atoms with van der Waals surface area (Å²) in [5.41, 5.74) is -1.73. The highest BCUT2D eigenvalue weighted by Gasteiger charge is 2.47. The van der Waals surface area contributed by atoms with E-state index in [-0.39, 0.29) is 18.4 Å². The molecule has 0 bridgehead atoms. The van der Waals surface area contributed by atoms with Crippen LogP contribution >= 0.6 is 0 Å². The van der Waals surface area contributed by atoms with Crippen molar-refractivity contribution in [3.63, 3.8) is 0 Å². The van der Waals surface area contributed by atoms with Gasteiger partial charge < -0.3 is 20.5 Å². The third-order valence-corrected chi connectivity index (χ3v) is 2.78. The third-order valence-electron chi connectivity index (χ3n) is 2.78. The smallest absolute Gasteiger partial charge is 0.408 e. The van der Waals surface area contributed by atoms with E-state index in [9.17, 15) is 14.7 Å². The van der Waals surface area contributed by atoms with Gasteiger partial charge in [0.25, 0.3) is 0 Å². The maximum absolute atomic E-state index is 11.7. The van der Waals surface area contributed by atoms with Crippen LogP contribution in [0.25, 0.3) is 0 Å². The number of rotatable bonds is 2. The van der Waals surface area contributed by atoms with E-state index in [1.165, 1.54) is 0 Å². The van der Waals surface area contributed by atoms with Gasteiger partial charge in [0.15, 0.2) is 0 Å². The fourth-order valence-electron chi connectivity index (χ4n) is 1.71. The summed E-state index contributed by atoms with van der Waals surface area (Å²) < 4.78 is 5.09. The minimum Gasteiger partial charge on any atom is -0.444 e. The normalized spacial score (nSPS) is 28.8. The number of alkyl carbamates (subject to hydrolysis) is 1. The Morgan fingerprint density at radius 1 is 1.65 bits per heavy atom. The molecule has 3 N–H and O–H groups in total. The van der Waals surface area contributed by atoms with Crippen molar-refractivity contribution in [1.29, 1.82) is 0 Å². The quantitative estimate of drug-likeness (QED) is 0.638. The van der Waals surface area contributed by atoms with E-state index >= 15 is 0 Å². The van der Waals surface area contributed by atoms with Crippen LogP contribution in [0.3, 0.4) is 0 Å². The van der Waals surface area contributed by atoms with Gasteiger partial charge >= 0.3 is 6.09 Å². The zero-order chi connectivity index (χ0) is 13.3. The van der Waals surface area contributed by atoms with Gasteiger partial charge in [0.05, 0.1) is 6.61 Å². The maximum atomic E-state index is 11.7. The molecular formula is C11H20N2O4. The molecule has 98 valence electrons. The molecule has 0 aromatic rings. The molecule has 17 heavy (non-hydrogen) atoms. The standard InChI is InChI=1S/C11H20N2O4/c1-10(2,3)17-9(16)13-11(4)7(6-14)5-12-8(11)15/h7,14H,5-6H2,1-4H3,(H,12,15)(H,13,16)/t7-,11+/m0/s1.